The molecular weight excluding hydrogens is 459 g/mol. The Kier molecular flexibility index (Phi) is 6.66. The largest absolute Gasteiger partial charge is 0.487 e. The minimum Gasteiger partial charge on any atom is -0.487 e. The monoisotopic (exact) mass is 472 g/mol. The average Bonchev–Trinajstić information content (AvgIpc) is 3.47. The molecule has 0 aliphatic rings. The van der Waals surface area contributed by atoms with Gasteiger partial charge in [0.15, 0.2) is 5.01 Å². The van der Waals surface area contributed by atoms with E-state index >= 15 is 0 Å². The molecule has 0 unspecified atom stereocenters. The number of thiazole rings is 1. The number of halogens is 2. The average molecular weight is 473 g/mol. The first-order chi connectivity index (χ1) is 15.1. The third-order valence-corrected chi connectivity index (χ3v) is 5.96. The van der Waals surface area contributed by atoms with Crippen molar-refractivity contribution in [1.29, 1.82) is 0 Å². The van der Waals surface area contributed by atoms with Gasteiger partial charge in [0, 0.05) is 11.1 Å². The molecule has 0 saturated carbocycles. The number of amides is 1. The molecule has 10 heteroatoms. The molecule has 0 atom stereocenters. The van der Waals surface area contributed by atoms with Crippen LogP contribution < -0.4 is 10.1 Å². The van der Waals surface area contributed by atoms with Crippen molar-refractivity contribution in [2.45, 2.75) is 6.61 Å². The molecule has 0 radical (unpaired) electrons. The van der Waals surface area contributed by atoms with Gasteiger partial charge in [-0.3, -0.25) is 4.79 Å². The summed E-state index contributed by atoms with van der Waals surface area (Å²) in [5, 5.41) is 13.4. The fraction of sp³-hybridized carbons (Fsp3) is 0.0476. The van der Waals surface area contributed by atoms with Gasteiger partial charge in [-0.15, -0.1) is 21.5 Å². The van der Waals surface area contributed by atoms with Crippen molar-refractivity contribution in [1.82, 2.24) is 15.2 Å². The number of benzene rings is 2. The van der Waals surface area contributed by atoms with E-state index in [1.165, 1.54) is 35.6 Å². The molecule has 2 aromatic carbocycles. The van der Waals surface area contributed by atoms with E-state index in [2.05, 4.69) is 20.5 Å². The van der Waals surface area contributed by atoms with Crippen LogP contribution in [0.25, 0.3) is 11.1 Å². The second-order valence-corrected chi connectivity index (χ2v) is 8.31. The lowest BCUT2D eigenvalue weighted by molar-refractivity contribution is 0.102. The van der Waals surface area contributed by atoms with Gasteiger partial charge in [0.05, 0.1) is 16.2 Å². The van der Waals surface area contributed by atoms with Crippen LogP contribution in [0.1, 0.15) is 26.1 Å². The second-order valence-electron chi connectivity index (χ2n) is 6.20. The Morgan fingerprint density at radius 3 is 2.55 bits per heavy atom. The van der Waals surface area contributed by atoms with Gasteiger partial charge in [0.2, 0.25) is 5.01 Å². The van der Waals surface area contributed by atoms with Crippen LogP contribution in [0, 0.1) is 5.82 Å². The molecule has 156 valence electrons. The Morgan fingerprint density at radius 1 is 1.10 bits per heavy atom. The molecule has 0 aliphatic carbocycles. The summed E-state index contributed by atoms with van der Waals surface area (Å²) in [4.78, 5) is 16.5. The number of aromatic nitrogens is 3. The number of anilines is 1. The van der Waals surface area contributed by atoms with Crippen LogP contribution in [-0.2, 0) is 6.61 Å². The van der Waals surface area contributed by atoms with Gasteiger partial charge in [0.25, 0.3) is 5.91 Å². The van der Waals surface area contributed by atoms with Gasteiger partial charge in [-0.05, 0) is 48.0 Å². The van der Waals surface area contributed by atoms with E-state index in [-0.39, 0.29) is 10.8 Å². The highest BCUT2D eigenvalue weighted by molar-refractivity contribution is 7.15. The maximum atomic E-state index is 13.0. The molecule has 2 heterocycles. The first-order valence-electron chi connectivity index (χ1n) is 8.95. The molecule has 1 N–H and O–H groups in total. The van der Waals surface area contributed by atoms with Crippen molar-refractivity contribution in [3.63, 3.8) is 0 Å². The fourth-order valence-electron chi connectivity index (χ4n) is 2.46. The number of rotatable bonds is 7. The SMILES string of the molecule is O=C(Nc1ccc(F)cc1)c1nnc(/C(Cl)=C/c2ccc(OCc3cscn3)cc2)s1. The molecule has 4 aromatic rings. The third-order valence-electron chi connectivity index (χ3n) is 3.97. The zero-order chi connectivity index (χ0) is 21.6. The Bertz CT molecular complexity index is 1190. The maximum absolute atomic E-state index is 13.0. The molecule has 4 rings (SSSR count). The van der Waals surface area contributed by atoms with E-state index in [4.69, 9.17) is 16.3 Å². The lowest BCUT2D eigenvalue weighted by atomic mass is 10.2. The first kappa shape index (κ1) is 21.1. The molecular formula is C21H14ClFN4O2S2. The van der Waals surface area contributed by atoms with Gasteiger partial charge in [-0.25, -0.2) is 9.37 Å². The van der Waals surface area contributed by atoms with Crippen molar-refractivity contribution >= 4 is 57.0 Å². The fourth-order valence-corrected chi connectivity index (χ4v) is 3.93. The number of nitrogens with zero attached hydrogens (tertiary/aromatic N) is 3. The standard InChI is InChI=1S/C21H14ClFN4O2S2/c22-18(9-13-1-7-17(8-2-13)29-10-16-11-30-12-24-16)20-26-27-21(31-20)19(28)25-15-5-3-14(23)4-6-15/h1-9,11-12H,10H2,(H,25,28)/b18-9-. The van der Waals surface area contributed by atoms with Gasteiger partial charge in [-0.1, -0.05) is 35.1 Å². The van der Waals surface area contributed by atoms with Crippen LogP contribution in [0.2, 0.25) is 0 Å². The molecule has 31 heavy (non-hydrogen) atoms. The number of carbonyl (C=O) groups excluding carboxylic acids is 1. The topological polar surface area (TPSA) is 77.0 Å². The van der Waals surface area contributed by atoms with Crippen LogP contribution >= 0.6 is 34.3 Å². The lowest BCUT2D eigenvalue weighted by Gasteiger charge is -2.04. The number of ether oxygens (including phenoxy) is 1. The molecule has 0 saturated heterocycles. The van der Waals surface area contributed by atoms with Crippen LogP contribution in [0.5, 0.6) is 5.75 Å². The van der Waals surface area contributed by atoms with Crippen molar-refractivity contribution in [3.8, 4) is 5.75 Å². The summed E-state index contributed by atoms with van der Waals surface area (Å²) in [5.41, 5.74) is 3.95. The summed E-state index contributed by atoms with van der Waals surface area (Å²) < 4.78 is 18.7. The quantitative estimate of drug-likeness (QED) is 0.373. The van der Waals surface area contributed by atoms with E-state index in [1.54, 1.807) is 11.6 Å². The van der Waals surface area contributed by atoms with Crippen LogP contribution in [0.15, 0.2) is 59.4 Å². The lowest BCUT2D eigenvalue weighted by Crippen LogP contribution is -2.11. The smallest absolute Gasteiger partial charge is 0.286 e. The highest BCUT2D eigenvalue weighted by atomic mass is 35.5. The minimum absolute atomic E-state index is 0.150. The van der Waals surface area contributed by atoms with Crippen molar-refractivity contribution in [3.05, 3.63) is 86.5 Å². The summed E-state index contributed by atoms with van der Waals surface area (Å²) in [6, 6.07) is 12.8. The Morgan fingerprint density at radius 2 is 1.84 bits per heavy atom. The summed E-state index contributed by atoms with van der Waals surface area (Å²) in [6.45, 7) is 0.410. The summed E-state index contributed by atoms with van der Waals surface area (Å²) in [5.74, 6) is -0.106. The molecule has 2 aromatic heterocycles. The van der Waals surface area contributed by atoms with E-state index < -0.39 is 5.91 Å². The minimum atomic E-state index is -0.443. The predicted octanol–water partition coefficient (Wildman–Crippen LogP) is 5.70. The van der Waals surface area contributed by atoms with Crippen LogP contribution in [-0.4, -0.2) is 21.1 Å². The third kappa shape index (κ3) is 5.72. The van der Waals surface area contributed by atoms with E-state index in [1.807, 2.05) is 29.6 Å². The van der Waals surface area contributed by atoms with Crippen LogP contribution in [0.4, 0.5) is 10.1 Å². The zero-order valence-corrected chi connectivity index (χ0v) is 18.2. The summed E-state index contributed by atoms with van der Waals surface area (Å²) >= 11 is 8.95. The Labute approximate surface area is 190 Å². The summed E-state index contributed by atoms with van der Waals surface area (Å²) in [7, 11) is 0. The normalized spacial score (nSPS) is 11.4. The van der Waals surface area contributed by atoms with Crippen molar-refractivity contribution in [2.24, 2.45) is 0 Å². The molecule has 6 nitrogen and oxygen atoms in total. The zero-order valence-electron chi connectivity index (χ0n) is 15.8. The first-order valence-corrected chi connectivity index (χ1v) is 11.1. The number of carbonyl (C=O) groups is 1. The highest BCUT2D eigenvalue weighted by Gasteiger charge is 2.15. The van der Waals surface area contributed by atoms with Crippen molar-refractivity contribution in [2.75, 3.05) is 5.32 Å². The van der Waals surface area contributed by atoms with Gasteiger partial charge >= 0.3 is 0 Å². The van der Waals surface area contributed by atoms with Gasteiger partial charge < -0.3 is 10.1 Å². The van der Waals surface area contributed by atoms with E-state index in [9.17, 15) is 9.18 Å². The van der Waals surface area contributed by atoms with E-state index in [0.717, 1.165) is 28.3 Å². The Hall–Kier alpha value is -3.14. The van der Waals surface area contributed by atoms with Gasteiger partial charge in [0.1, 0.15) is 18.2 Å². The van der Waals surface area contributed by atoms with Gasteiger partial charge in [-0.2, -0.15) is 0 Å². The molecule has 0 bridgehead atoms. The maximum Gasteiger partial charge on any atom is 0.286 e. The number of hydrogen-bond donors (Lipinski definition) is 1. The van der Waals surface area contributed by atoms with E-state index in [0.29, 0.717) is 22.3 Å². The van der Waals surface area contributed by atoms with Crippen LogP contribution in [0.3, 0.4) is 0 Å². The van der Waals surface area contributed by atoms with Crippen molar-refractivity contribution < 1.29 is 13.9 Å². The highest BCUT2D eigenvalue weighted by Crippen LogP contribution is 2.26. The molecule has 0 spiro atoms. The summed E-state index contributed by atoms with van der Waals surface area (Å²) in [6.07, 6.45) is 1.73. The second kappa shape index (κ2) is 9.78. The molecule has 0 fully saturated rings. The predicted molar refractivity (Wildman–Crippen MR) is 121 cm³/mol. The number of nitrogens with one attached hydrogen (secondary N) is 1. The number of hydrogen-bond acceptors (Lipinski definition) is 7. The molecule has 0 aliphatic heterocycles. The Balaban J connectivity index is 1.38. The molecule has 1 amide bonds.